The monoisotopic (exact) mass is 435 g/mol. The molecule has 1 aromatic carbocycles. The highest BCUT2D eigenvalue weighted by Gasteiger charge is 2.22. The smallest absolute Gasteiger partial charge is 0.252 e. The first kappa shape index (κ1) is 15.3. The van der Waals surface area contributed by atoms with Crippen LogP contribution in [0.1, 0.15) is 49.4 Å². The highest BCUT2D eigenvalue weighted by Crippen LogP contribution is 2.27. The minimum absolute atomic E-state index is 0.0608. The number of hydrogen-bond donors (Lipinski definition) is 1. The first-order valence-electron chi connectivity index (χ1n) is 6.86. The molecule has 0 unspecified atom stereocenters. The summed E-state index contributed by atoms with van der Waals surface area (Å²) in [5.74, 6) is 0.921. The van der Waals surface area contributed by atoms with E-state index in [-0.39, 0.29) is 5.91 Å². The molecule has 1 aromatic rings. The van der Waals surface area contributed by atoms with Crippen molar-refractivity contribution in [3.8, 4) is 0 Å². The Hall–Kier alpha value is -0.100. The average molecular weight is 436 g/mol. The fraction of sp³-hybridized carbons (Fsp3) is 0.533. The van der Waals surface area contributed by atoms with Crippen molar-refractivity contribution in [2.75, 3.05) is 0 Å². The Bertz CT molecular complexity index is 455. The fourth-order valence-corrected chi connectivity index (χ4v) is 3.59. The molecule has 1 aliphatic carbocycles. The van der Waals surface area contributed by atoms with Crippen LogP contribution < -0.4 is 5.32 Å². The molecule has 0 bridgehead atoms. The van der Waals surface area contributed by atoms with Crippen LogP contribution in [0.15, 0.2) is 22.7 Å². The Labute approximate surface area is 137 Å². The van der Waals surface area contributed by atoms with E-state index in [0.29, 0.717) is 6.04 Å². The standard InChI is InChI=1S/C15H19BrINO/c1-2-10-3-6-12(7-4-10)18-15(19)13-9-11(16)5-8-14(13)17/h5,8-10,12H,2-4,6-7H2,1H3,(H,18,19). The van der Waals surface area contributed by atoms with Gasteiger partial charge in [0.15, 0.2) is 0 Å². The van der Waals surface area contributed by atoms with Gasteiger partial charge in [0.1, 0.15) is 0 Å². The summed E-state index contributed by atoms with van der Waals surface area (Å²) in [4.78, 5) is 12.3. The van der Waals surface area contributed by atoms with E-state index >= 15 is 0 Å². The van der Waals surface area contributed by atoms with E-state index < -0.39 is 0 Å². The van der Waals surface area contributed by atoms with Gasteiger partial charge in [-0.2, -0.15) is 0 Å². The number of hydrogen-bond acceptors (Lipinski definition) is 1. The second-order valence-corrected chi connectivity index (χ2v) is 7.30. The van der Waals surface area contributed by atoms with Gasteiger partial charge in [-0.1, -0.05) is 29.3 Å². The van der Waals surface area contributed by atoms with Crippen LogP contribution in [0.3, 0.4) is 0 Å². The molecular formula is C15H19BrINO. The Morgan fingerprint density at radius 1 is 1.37 bits per heavy atom. The topological polar surface area (TPSA) is 29.1 Å². The second-order valence-electron chi connectivity index (χ2n) is 5.22. The van der Waals surface area contributed by atoms with Crippen molar-refractivity contribution in [1.29, 1.82) is 0 Å². The molecule has 104 valence electrons. The minimum Gasteiger partial charge on any atom is -0.349 e. The molecule has 0 spiro atoms. The number of benzene rings is 1. The quantitative estimate of drug-likeness (QED) is 0.681. The van der Waals surface area contributed by atoms with Gasteiger partial charge in [0, 0.05) is 14.1 Å². The Morgan fingerprint density at radius 2 is 2.05 bits per heavy atom. The van der Waals surface area contributed by atoms with Crippen molar-refractivity contribution in [2.45, 2.75) is 45.1 Å². The van der Waals surface area contributed by atoms with Gasteiger partial charge in [0.25, 0.3) is 5.91 Å². The van der Waals surface area contributed by atoms with Gasteiger partial charge in [-0.3, -0.25) is 4.79 Å². The number of rotatable bonds is 3. The van der Waals surface area contributed by atoms with Crippen molar-refractivity contribution >= 4 is 44.4 Å². The fourth-order valence-electron chi connectivity index (χ4n) is 2.65. The molecule has 0 atom stereocenters. The zero-order valence-corrected chi connectivity index (χ0v) is 14.8. The van der Waals surface area contributed by atoms with Crippen LogP contribution in [0.4, 0.5) is 0 Å². The molecule has 2 rings (SSSR count). The Balaban J connectivity index is 1.96. The molecule has 0 saturated heterocycles. The molecule has 0 aliphatic heterocycles. The Kier molecular flexibility index (Phi) is 5.69. The van der Waals surface area contributed by atoms with Crippen molar-refractivity contribution in [1.82, 2.24) is 5.32 Å². The normalized spacial score (nSPS) is 23.1. The number of carbonyl (C=O) groups is 1. The minimum atomic E-state index is 0.0608. The van der Waals surface area contributed by atoms with Gasteiger partial charge in [-0.15, -0.1) is 0 Å². The van der Waals surface area contributed by atoms with Gasteiger partial charge in [0.05, 0.1) is 5.56 Å². The molecule has 0 radical (unpaired) electrons. The third-order valence-corrected chi connectivity index (χ3v) is 5.37. The Morgan fingerprint density at radius 3 is 2.68 bits per heavy atom. The molecule has 1 aliphatic rings. The van der Waals surface area contributed by atoms with E-state index in [4.69, 9.17) is 0 Å². The SMILES string of the molecule is CCC1CCC(NC(=O)c2cc(Br)ccc2I)CC1. The maximum Gasteiger partial charge on any atom is 0.252 e. The van der Waals surface area contributed by atoms with Crippen LogP contribution in [-0.2, 0) is 0 Å². The molecule has 4 heteroatoms. The molecule has 1 fully saturated rings. The summed E-state index contributed by atoms with van der Waals surface area (Å²) in [6, 6.07) is 6.18. The number of amides is 1. The van der Waals surface area contributed by atoms with Crippen LogP contribution >= 0.6 is 38.5 Å². The maximum absolute atomic E-state index is 12.3. The third-order valence-electron chi connectivity index (χ3n) is 3.93. The summed E-state index contributed by atoms with van der Waals surface area (Å²) in [5, 5.41) is 3.18. The zero-order valence-electron chi connectivity index (χ0n) is 11.1. The summed E-state index contributed by atoms with van der Waals surface area (Å²) < 4.78 is 1.95. The molecule has 19 heavy (non-hydrogen) atoms. The molecular weight excluding hydrogens is 417 g/mol. The summed E-state index contributed by atoms with van der Waals surface area (Å²) >= 11 is 5.64. The van der Waals surface area contributed by atoms with Gasteiger partial charge in [0.2, 0.25) is 0 Å². The first-order valence-corrected chi connectivity index (χ1v) is 8.73. The summed E-state index contributed by atoms with van der Waals surface area (Å²) in [6.45, 7) is 2.26. The lowest BCUT2D eigenvalue weighted by molar-refractivity contribution is 0.0920. The largest absolute Gasteiger partial charge is 0.349 e. The average Bonchev–Trinajstić information content (AvgIpc) is 2.42. The summed E-state index contributed by atoms with van der Waals surface area (Å²) in [5.41, 5.74) is 0.771. The van der Waals surface area contributed by atoms with Crippen molar-refractivity contribution in [3.63, 3.8) is 0 Å². The van der Waals surface area contributed by atoms with E-state index in [1.807, 2.05) is 18.2 Å². The van der Waals surface area contributed by atoms with E-state index in [1.54, 1.807) is 0 Å². The predicted octanol–water partition coefficient (Wildman–Crippen LogP) is 4.75. The van der Waals surface area contributed by atoms with Crippen LogP contribution in [0.5, 0.6) is 0 Å². The third kappa shape index (κ3) is 4.18. The molecule has 1 saturated carbocycles. The molecule has 2 nitrogen and oxygen atoms in total. The van der Waals surface area contributed by atoms with Gasteiger partial charge >= 0.3 is 0 Å². The molecule has 0 heterocycles. The van der Waals surface area contributed by atoms with Crippen LogP contribution in [0, 0.1) is 9.49 Å². The van der Waals surface area contributed by atoms with Crippen LogP contribution in [-0.4, -0.2) is 11.9 Å². The highest BCUT2D eigenvalue weighted by molar-refractivity contribution is 14.1. The highest BCUT2D eigenvalue weighted by atomic mass is 127. The first-order chi connectivity index (χ1) is 9.10. The van der Waals surface area contributed by atoms with Crippen molar-refractivity contribution in [3.05, 3.63) is 31.8 Å². The van der Waals surface area contributed by atoms with Crippen LogP contribution in [0.2, 0.25) is 0 Å². The number of nitrogens with one attached hydrogen (secondary N) is 1. The lowest BCUT2D eigenvalue weighted by Gasteiger charge is -2.28. The van der Waals surface area contributed by atoms with Gasteiger partial charge in [-0.05, 0) is 72.4 Å². The number of carbonyl (C=O) groups excluding carboxylic acids is 1. The second kappa shape index (κ2) is 7.07. The van der Waals surface area contributed by atoms with Crippen molar-refractivity contribution < 1.29 is 4.79 Å². The maximum atomic E-state index is 12.3. The summed E-state index contributed by atoms with van der Waals surface area (Å²) in [7, 11) is 0. The number of halogens is 2. The summed E-state index contributed by atoms with van der Waals surface area (Å²) in [6.07, 6.45) is 6.00. The van der Waals surface area contributed by atoms with E-state index in [9.17, 15) is 4.79 Å². The molecule has 0 aromatic heterocycles. The van der Waals surface area contributed by atoms with Gasteiger partial charge in [-0.25, -0.2) is 0 Å². The van der Waals surface area contributed by atoms with Crippen LogP contribution in [0.25, 0.3) is 0 Å². The van der Waals surface area contributed by atoms with Crippen molar-refractivity contribution in [2.24, 2.45) is 5.92 Å². The van der Waals surface area contributed by atoms with E-state index in [1.165, 1.54) is 19.3 Å². The molecule has 1 N–H and O–H groups in total. The lowest BCUT2D eigenvalue weighted by atomic mass is 9.84. The predicted molar refractivity (Wildman–Crippen MR) is 90.4 cm³/mol. The zero-order chi connectivity index (χ0) is 13.8. The lowest BCUT2D eigenvalue weighted by Crippen LogP contribution is -2.37. The van der Waals surface area contributed by atoms with E-state index in [2.05, 4.69) is 50.8 Å². The molecule has 1 amide bonds. The van der Waals surface area contributed by atoms with E-state index in [0.717, 1.165) is 32.4 Å². The van der Waals surface area contributed by atoms with Gasteiger partial charge < -0.3 is 5.32 Å².